The first kappa shape index (κ1) is 29.1. The molecule has 3 saturated carbocycles. The van der Waals surface area contributed by atoms with Crippen LogP contribution in [0.25, 0.3) is 0 Å². The van der Waals surface area contributed by atoms with E-state index >= 15 is 0 Å². The van der Waals surface area contributed by atoms with Gasteiger partial charge in [0.25, 0.3) is 0 Å². The van der Waals surface area contributed by atoms with Gasteiger partial charge in [0.15, 0.2) is 5.78 Å². The highest BCUT2D eigenvalue weighted by Gasteiger charge is 2.69. The number of carbonyl (C=O) groups is 1. The molecule has 0 aromatic carbocycles. The molecule has 4 aliphatic rings. The van der Waals surface area contributed by atoms with Crippen LogP contribution in [0.4, 0.5) is 0 Å². The quantitative estimate of drug-likeness (QED) is 0.264. The second kappa shape index (κ2) is 9.36. The number of carbonyl (C=O) groups excluding carboxylic acids is 1. The molecule has 0 radical (unpaired) electrons. The Hall–Kier alpha value is -0.870. The molecule has 37 heavy (non-hydrogen) atoms. The third kappa shape index (κ3) is 4.35. The molecule has 2 unspecified atom stereocenters. The van der Waals surface area contributed by atoms with E-state index in [1.807, 2.05) is 13.8 Å². The summed E-state index contributed by atoms with van der Waals surface area (Å²) in [7, 11) is 0. The van der Waals surface area contributed by atoms with Gasteiger partial charge in [0.1, 0.15) is 0 Å². The Balaban J connectivity index is 1.65. The van der Waals surface area contributed by atoms with Gasteiger partial charge in [-0.25, -0.2) is 0 Å². The number of ketones is 1. The molecule has 8 heteroatoms. The summed E-state index contributed by atoms with van der Waals surface area (Å²) in [5.41, 5.74) is -4.73. The van der Waals surface area contributed by atoms with Crippen LogP contribution < -0.4 is 0 Å². The molecule has 4 rings (SSSR count). The molecule has 8 nitrogen and oxygen atoms in total. The van der Waals surface area contributed by atoms with Crippen molar-refractivity contribution in [2.45, 2.75) is 121 Å². The van der Waals surface area contributed by atoms with Crippen molar-refractivity contribution >= 4 is 5.78 Å². The summed E-state index contributed by atoms with van der Waals surface area (Å²) >= 11 is 0. The Morgan fingerprint density at radius 1 is 1.05 bits per heavy atom. The molecule has 11 atom stereocenters. The highest BCUT2D eigenvalue weighted by molar-refractivity contribution is 5.95. The van der Waals surface area contributed by atoms with Gasteiger partial charge in [-0.05, 0) is 107 Å². The van der Waals surface area contributed by atoms with Crippen LogP contribution in [0.3, 0.4) is 0 Å². The number of rotatable bonds is 7. The second-order valence-electron chi connectivity index (χ2n) is 13.9. The highest BCUT2D eigenvalue weighted by atomic mass is 16.3. The lowest BCUT2D eigenvalue weighted by molar-refractivity contribution is -0.180. The number of aliphatic hydroxyl groups excluding tert-OH is 4. The average Bonchev–Trinajstić information content (AvgIpc) is 3.07. The molecular formula is C29H48O8. The van der Waals surface area contributed by atoms with E-state index in [0.29, 0.717) is 44.1 Å². The standard InChI is InChI=1S/C29H48O8/c1-25(2,35)16(8-11-30)12-24(34)28(5,36)23-7-10-29(37)18-13-20(31)19-14-21(32)22(33)15-26(19,3)17(18)6-9-27(23,29)4/h13,16-17,19,21-24,30,32-37H,6-12,14-15H2,1-5H3/t16?,17-,19-,21+,22-,23-,24?,26+,27+,28+,29+/m0/s1. The normalized spacial score (nSPS) is 45.2. The van der Waals surface area contributed by atoms with Crippen molar-refractivity contribution in [3.63, 3.8) is 0 Å². The number of allylic oxidation sites excluding steroid dienone is 1. The Labute approximate surface area is 220 Å². The van der Waals surface area contributed by atoms with E-state index < -0.39 is 63.7 Å². The van der Waals surface area contributed by atoms with Crippen molar-refractivity contribution in [3.8, 4) is 0 Å². The fourth-order valence-corrected chi connectivity index (χ4v) is 8.96. The maximum absolute atomic E-state index is 13.3. The van der Waals surface area contributed by atoms with Gasteiger partial charge in [-0.1, -0.05) is 13.8 Å². The predicted octanol–water partition coefficient (Wildman–Crippen LogP) is 1.46. The maximum atomic E-state index is 13.3. The number of hydrogen-bond donors (Lipinski definition) is 7. The molecule has 3 fully saturated rings. The van der Waals surface area contributed by atoms with Gasteiger partial charge in [-0.2, -0.15) is 0 Å². The molecule has 4 aliphatic carbocycles. The van der Waals surface area contributed by atoms with Crippen LogP contribution in [0.15, 0.2) is 11.6 Å². The van der Waals surface area contributed by atoms with Crippen molar-refractivity contribution in [1.82, 2.24) is 0 Å². The van der Waals surface area contributed by atoms with E-state index in [4.69, 9.17) is 0 Å². The fourth-order valence-electron chi connectivity index (χ4n) is 8.96. The van der Waals surface area contributed by atoms with Crippen molar-refractivity contribution in [3.05, 3.63) is 11.6 Å². The molecule has 212 valence electrons. The van der Waals surface area contributed by atoms with Crippen LogP contribution in [-0.4, -0.2) is 83.3 Å². The Morgan fingerprint density at radius 3 is 2.30 bits per heavy atom. The van der Waals surface area contributed by atoms with Crippen LogP contribution in [-0.2, 0) is 4.79 Å². The monoisotopic (exact) mass is 524 g/mol. The van der Waals surface area contributed by atoms with Gasteiger partial charge in [0.2, 0.25) is 0 Å². The molecule has 0 heterocycles. The minimum absolute atomic E-state index is 0.103. The van der Waals surface area contributed by atoms with Gasteiger partial charge < -0.3 is 35.7 Å². The highest BCUT2D eigenvalue weighted by Crippen LogP contribution is 2.68. The number of hydrogen-bond acceptors (Lipinski definition) is 8. The lowest BCUT2D eigenvalue weighted by atomic mass is 9.45. The predicted molar refractivity (Wildman–Crippen MR) is 137 cm³/mol. The Kier molecular flexibility index (Phi) is 7.36. The fraction of sp³-hybridized carbons (Fsp3) is 0.897. The van der Waals surface area contributed by atoms with Gasteiger partial charge in [-0.3, -0.25) is 4.79 Å². The summed E-state index contributed by atoms with van der Waals surface area (Å²) in [5, 5.41) is 76.2. The Morgan fingerprint density at radius 2 is 1.70 bits per heavy atom. The van der Waals surface area contributed by atoms with E-state index in [2.05, 4.69) is 0 Å². The maximum Gasteiger partial charge on any atom is 0.159 e. The molecule has 0 bridgehead atoms. The minimum Gasteiger partial charge on any atom is -0.396 e. The molecular weight excluding hydrogens is 476 g/mol. The van der Waals surface area contributed by atoms with Gasteiger partial charge >= 0.3 is 0 Å². The summed E-state index contributed by atoms with van der Waals surface area (Å²) in [5.74, 6) is -1.53. The largest absolute Gasteiger partial charge is 0.396 e. The SMILES string of the molecule is CC(C)(O)C(CCO)CC(O)[C@](C)(O)[C@H]1CC[C@@]2(O)C3=CC(=O)[C@@H]4C[C@@H](O)[C@@H](O)C[C@]4(C)[C@H]3CC[C@]12C. The molecule has 0 spiro atoms. The molecule has 0 aromatic rings. The zero-order valence-corrected chi connectivity index (χ0v) is 23.0. The van der Waals surface area contributed by atoms with E-state index in [-0.39, 0.29) is 31.1 Å². The third-order valence-corrected chi connectivity index (χ3v) is 11.5. The van der Waals surface area contributed by atoms with Gasteiger partial charge in [0, 0.05) is 17.9 Å². The Bertz CT molecular complexity index is 923. The van der Waals surface area contributed by atoms with E-state index in [1.165, 1.54) is 0 Å². The number of fused-ring (bicyclic) bond motifs is 5. The molecule has 7 N–H and O–H groups in total. The lowest BCUT2D eigenvalue weighted by Crippen LogP contribution is -2.63. The zero-order valence-electron chi connectivity index (χ0n) is 23.0. The first-order valence-electron chi connectivity index (χ1n) is 14.0. The summed E-state index contributed by atoms with van der Waals surface area (Å²) < 4.78 is 0. The molecule has 0 saturated heterocycles. The summed E-state index contributed by atoms with van der Waals surface area (Å²) in [6.07, 6.45) is 1.53. The second-order valence-corrected chi connectivity index (χ2v) is 13.9. The van der Waals surface area contributed by atoms with Crippen LogP contribution in [0.2, 0.25) is 0 Å². The zero-order chi connectivity index (χ0) is 27.8. The topological polar surface area (TPSA) is 159 Å². The van der Waals surface area contributed by atoms with Crippen LogP contribution in [0, 0.1) is 34.5 Å². The molecule has 0 aliphatic heterocycles. The smallest absolute Gasteiger partial charge is 0.159 e. The van der Waals surface area contributed by atoms with Crippen LogP contribution in [0.5, 0.6) is 0 Å². The van der Waals surface area contributed by atoms with Gasteiger partial charge in [-0.15, -0.1) is 0 Å². The lowest BCUT2D eigenvalue weighted by Gasteiger charge is -2.60. The number of aliphatic hydroxyl groups is 7. The summed E-state index contributed by atoms with van der Waals surface area (Å²) in [6, 6.07) is 0. The van der Waals surface area contributed by atoms with Crippen molar-refractivity contribution in [2.24, 2.45) is 34.5 Å². The average molecular weight is 525 g/mol. The van der Waals surface area contributed by atoms with Crippen LogP contribution in [0.1, 0.15) is 86.0 Å². The van der Waals surface area contributed by atoms with Crippen molar-refractivity contribution in [1.29, 1.82) is 0 Å². The van der Waals surface area contributed by atoms with E-state index in [1.54, 1.807) is 26.8 Å². The van der Waals surface area contributed by atoms with Crippen molar-refractivity contribution in [2.75, 3.05) is 6.61 Å². The van der Waals surface area contributed by atoms with Gasteiger partial charge in [0.05, 0.1) is 35.1 Å². The molecule has 0 aromatic heterocycles. The van der Waals surface area contributed by atoms with E-state index in [9.17, 15) is 40.5 Å². The summed E-state index contributed by atoms with van der Waals surface area (Å²) in [4.78, 5) is 13.3. The summed E-state index contributed by atoms with van der Waals surface area (Å²) in [6.45, 7) is 8.67. The van der Waals surface area contributed by atoms with E-state index in [0.717, 1.165) is 0 Å². The third-order valence-electron chi connectivity index (χ3n) is 11.5. The van der Waals surface area contributed by atoms with Crippen LogP contribution >= 0.6 is 0 Å². The van der Waals surface area contributed by atoms with Crippen molar-refractivity contribution < 1.29 is 40.5 Å². The first-order chi connectivity index (χ1) is 16.9. The molecule has 0 amide bonds. The minimum atomic E-state index is -1.57. The first-order valence-corrected chi connectivity index (χ1v) is 14.0.